The van der Waals surface area contributed by atoms with Crippen molar-refractivity contribution in [3.63, 3.8) is 0 Å². The molecule has 1 aliphatic heterocycles. The first-order valence-corrected chi connectivity index (χ1v) is 11.9. The van der Waals surface area contributed by atoms with Gasteiger partial charge in [0.1, 0.15) is 11.4 Å². The van der Waals surface area contributed by atoms with E-state index in [0.717, 1.165) is 62.4 Å². The lowest BCUT2D eigenvalue weighted by Crippen LogP contribution is -2.51. The van der Waals surface area contributed by atoms with Crippen LogP contribution in [0.4, 0.5) is 0 Å². The number of aromatic nitrogens is 3. The van der Waals surface area contributed by atoms with Gasteiger partial charge in [-0.25, -0.2) is 4.98 Å². The third-order valence-corrected chi connectivity index (χ3v) is 8.04. The number of amides is 1. The van der Waals surface area contributed by atoms with Crippen LogP contribution in [0.1, 0.15) is 79.3 Å². The van der Waals surface area contributed by atoms with E-state index in [2.05, 4.69) is 31.6 Å². The highest BCUT2D eigenvalue weighted by Crippen LogP contribution is 2.62. The van der Waals surface area contributed by atoms with Gasteiger partial charge in [-0.05, 0) is 75.5 Å². The monoisotopic (exact) mass is 431 g/mol. The number of hydrogen-bond donors (Lipinski definition) is 1. The number of carbonyl (C=O) groups excluding carboxylic acids is 1. The molecule has 2 aromatic rings. The number of aryl methyl sites for hydroxylation is 1. The van der Waals surface area contributed by atoms with Gasteiger partial charge in [-0.1, -0.05) is 25.0 Å². The molecule has 1 amide bonds. The molecule has 4 aliphatic rings. The molecule has 166 valence electrons. The highest BCUT2D eigenvalue weighted by atomic mass is 16.4. The van der Waals surface area contributed by atoms with E-state index in [1.165, 1.54) is 12.8 Å². The minimum absolute atomic E-state index is 0.0669. The summed E-state index contributed by atoms with van der Waals surface area (Å²) >= 11 is 0. The number of rotatable bonds is 4. The number of fused-ring (bicyclic) bond motifs is 2. The summed E-state index contributed by atoms with van der Waals surface area (Å²) in [6.07, 6.45) is 12.5. The van der Waals surface area contributed by atoms with Crippen LogP contribution in [0.2, 0.25) is 0 Å². The highest BCUT2D eigenvalue weighted by molar-refractivity contribution is 6.05. The van der Waals surface area contributed by atoms with Crippen LogP contribution in [0.15, 0.2) is 39.8 Å². The summed E-state index contributed by atoms with van der Waals surface area (Å²) in [6.45, 7) is 2.68. The molecule has 3 bridgehead atoms. The average molecular weight is 432 g/mol. The van der Waals surface area contributed by atoms with Crippen molar-refractivity contribution in [2.75, 3.05) is 6.54 Å². The van der Waals surface area contributed by atoms with Crippen LogP contribution in [0.5, 0.6) is 0 Å². The normalized spacial score (nSPS) is 33.1. The van der Waals surface area contributed by atoms with Crippen LogP contribution in [0.25, 0.3) is 0 Å². The van der Waals surface area contributed by atoms with Crippen molar-refractivity contribution in [1.29, 1.82) is 0 Å². The van der Waals surface area contributed by atoms with Gasteiger partial charge in [-0.2, -0.15) is 0 Å². The average Bonchev–Trinajstić information content (AvgIpc) is 3.34. The minimum atomic E-state index is -0.231. The Morgan fingerprint density at radius 1 is 1.25 bits per heavy atom. The zero-order valence-electron chi connectivity index (χ0n) is 18.5. The van der Waals surface area contributed by atoms with Crippen molar-refractivity contribution in [3.8, 4) is 0 Å². The summed E-state index contributed by atoms with van der Waals surface area (Å²) in [5.41, 5.74) is 1.75. The minimum Gasteiger partial charge on any atom is -0.419 e. The number of pyridine rings is 1. The fourth-order valence-electron chi connectivity index (χ4n) is 6.81. The largest absolute Gasteiger partial charge is 0.419 e. The summed E-state index contributed by atoms with van der Waals surface area (Å²) < 4.78 is 6.27. The van der Waals surface area contributed by atoms with Gasteiger partial charge in [0.25, 0.3) is 11.8 Å². The van der Waals surface area contributed by atoms with E-state index in [1.807, 2.05) is 25.1 Å². The molecule has 32 heavy (non-hydrogen) atoms. The van der Waals surface area contributed by atoms with Gasteiger partial charge in [0.2, 0.25) is 5.89 Å². The Kier molecular flexibility index (Phi) is 4.56. The van der Waals surface area contributed by atoms with Crippen molar-refractivity contribution in [1.82, 2.24) is 20.5 Å². The Bertz CT molecular complexity index is 1120. The maximum absolute atomic E-state index is 13.2. The van der Waals surface area contributed by atoms with E-state index in [1.54, 1.807) is 6.07 Å². The zero-order chi connectivity index (χ0) is 21.8. The van der Waals surface area contributed by atoms with Crippen molar-refractivity contribution in [3.05, 3.63) is 53.5 Å². The van der Waals surface area contributed by atoms with Crippen molar-refractivity contribution < 1.29 is 9.21 Å². The standard InChI is InChI=1S/C25H29N5O2/c1-16-6-4-9-19(27-16)21(31)28-25-10-5-7-17-12-18(25)14-24(13-17,15-25)23-30-29-22(32-23)20-8-2-3-11-26-20/h2,4,6,8-9,17-18H,3,5,7,10-15H2,1H3,(H,28,31). The van der Waals surface area contributed by atoms with Crippen LogP contribution in [-0.4, -0.2) is 38.9 Å². The summed E-state index contributed by atoms with van der Waals surface area (Å²) in [4.78, 5) is 22.2. The van der Waals surface area contributed by atoms with Gasteiger partial charge < -0.3 is 9.73 Å². The second-order valence-corrected chi connectivity index (χ2v) is 10.2. The Labute approximate surface area is 187 Å². The molecule has 3 heterocycles. The van der Waals surface area contributed by atoms with Crippen LogP contribution < -0.4 is 5.32 Å². The first kappa shape index (κ1) is 19.8. The molecule has 2 aromatic heterocycles. The molecule has 4 atom stereocenters. The SMILES string of the molecule is Cc1cccc(C(=O)NC23CCCC4CC2CC(c2nnc(C5=NCCC=C5)o2)(C4)C3)n1. The summed E-state index contributed by atoms with van der Waals surface area (Å²) in [7, 11) is 0. The Morgan fingerprint density at radius 3 is 3.03 bits per heavy atom. The molecule has 3 aliphatic carbocycles. The van der Waals surface area contributed by atoms with Gasteiger partial charge in [-0.3, -0.25) is 9.79 Å². The Morgan fingerprint density at radius 2 is 2.19 bits per heavy atom. The van der Waals surface area contributed by atoms with Crippen molar-refractivity contribution in [2.45, 2.75) is 69.2 Å². The molecule has 1 N–H and O–H groups in total. The van der Waals surface area contributed by atoms with E-state index in [0.29, 0.717) is 23.4 Å². The smallest absolute Gasteiger partial charge is 0.270 e. The van der Waals surface area contributed by atoms with Crippen LogP contribution in [0, 0.1) is 18.8 Å². The van der Waals surface area contributed by atoms with E-state index in [9.17, 15) is 4.79 Å². The molecule has 0 spiro atoms. The molecule has 4 unspecified atom stereocenters. The molecule has 0 saturated heterocycles. The molecule has 3 fully saturated rings. The quantitative estimate of drug-likeness (QED) is 0.792. The number of aliphatic imine (C=N–C) groups is 1. The molecular formula is C25H29N5O2. The lowest BCUT2D eigenvalue weighted by Gasteiger charge is -2.35. The Hall–Kier alpha value is -2.83. The van der Waals surface area contributed by atoms with Crippen LogP contribution in [0.3, 0.4) is 0 Å². The maximum atomic E-state index is 13.2. The third kappa shape index (κ3) is 3.21. The number of nitrogens with one attached hydrogen (secondary N) is 1. The van der Waals surface area contributed by atoms with Crippen molar-refractivity contribution in [2.24, 2.45) is 16.8 Å². The molecule has 3 saturated carbocycles. The molecule has 0 aromatic carbocycles. The number of allylic oxidation sites excluding steroid dienone is 1. The topological polar surface area (TPSA) is 93.3 Å². The summed E-state index contributed by atoms with van der Waals surface area (Å²) in [5, 5.41) is 12.4. The van der Waals surface area contributed by atoms with E-state index >= 15 is 0 Å². The molecule has 6 rings (SSSR count). The maximum Gasteiger partial charge on any atom is 0.270 e. The summed E-state index contributed by atoms with van der Waals surface area (Å²) in [6, 6.07) is 5.62. The van der Waals surface area contributed by atoms with E-state index in [4.69, 9.17) is 4.42 Å². The van der Waals surface area contributed by atoms with Gasteiger partial charge in [0.05, 0.1) is 5.41 Å². The van der Waals surface area contributed by atoms with Crippen molar-refractivity contribution >= 4 is 11.6 Å². The fourth-order valence-corrected chi connectivity index (χ4v) is 6.81. The fraction of sp³-hybridized carbons (Fsp3) is 0.560. The molecular weight excluding hydrogens is 402 g/mol. The van der Waals surface area contributed by atoms with Gasteiger partial charge >= 0.3 is 0 Å². The molecule has 0 radical (unpaired) electrons. The van der Waals surface area contributed by atoms with E-state index < -0.39 is 0 Å². The first-order chi connectivity index (χ1) is 15.6. The third-order valence-electron chi connectivity index (χ3n) is 8.04. The van der Waals surface area contributed by atoms with Gasteiger partial charge in [0.15, 0.2) is 0 Å². The lowest BCUT2D eigenvalue weighted by molar-refractivity contribution is 0.0856. The zero-order valence-corrected chi connectivity index (χ0v) is 18.5. The highest BCUT2D eigenvalue weighted by Gasteiger charge is 2.62. The number of dihydropyridines is 1. The second kappa shape index (κ2) is 7.36. The predicted octanol–water partition coefficient (Wildman–Crippen LogP) is 3.93. The first-order valence-electron chi connectivity index (χ1n) is 11.9. The van der Waals surface area contributed by atoms with Crippen LogP contribution >= 0.6 is 0 Å². The number of nitrogens with zero attached hydrogens (tertiary/aromatic N) is 4. The van der Waals surface area contributed by atoms with Gasteiger partial charge in [-0.15, -0.1) is 10.2 Å². The molecule has 7 nitrogen and oxygen atoms in total. The Balaban J connectivity index is 1.33. The number of hydrogen-bond acceptors (Lipinski definition) is 6. The number of carbonyl (C=O) groups is 1. The van der Waals surface area contributed by atoms with Crippen LogP contribution in [-0.2, 0) is 5.41 Å². The second-order valence-electron chi connectivity index (χ2n) is 10.2. The summed E-state index contributed by atoms with van der Waals surface area (Å²) in [5.74, 6) is 2.26. The lowest BCUT2D eigenvalue weighted by atomic mass is 9.69. The predicted molar refractivity (Wildman–Crippen MR) is 120 cm³/mol. The molecule has 7 heteroatoms. The van der Waals surface area contributed by atoms with E-state index in [-0.39, 0.29) is 16.9 Å². The van der Waals surface area contributed by atoms with Gasteiger partial charge in [0, 0.05) is 17.8 Å².